The van der Waals surface area contributed by atoms with Crippen LogP contribution in [-0.4, -0.2) is 17.0 Å². The molecule has 0 saturated heterocycles. The third kappa shape index (κ3) is 6.98. The quantitative estimate of drug-likeness (QED) is 0.591. The molecule has 0 atom stereocenters. The van der Waals surface area contributed by atoms with Crippen molar-refractivity contribution in [2.24, 2.45) is 0 Å². The molecule has 19 heavy (non-hydrogen) atoms. The largest absolute Gasteiger partial charge is 0.653 e. The first-order valence-electron chi connectivity index (χ1n) is 5.05. The Labute approximate surface area is 162 Å². The summed E-state index contributed by atoms with van der Waals surface area (Å²) < 4.78 is 9.76. The minimum absolute atomic E-state index is 0. The summed E-state index contributed by atoms with van der Waals surface area (Å²) in [5.41, 5.74) is 0. The minimum Gasteiger partial charge on any atom is -0.653 e. The van der Waals surface area contributed by atoms with Crippen molar-refractivity contribution in [1.82, 2.24) is 0 Å². The summed E-state index contributed by atoms with van der Waals surface area (Å²) in [6, 6.07) is 18.5. The van der Waals surface area contributed by atoms with Crippen LogP contribution < -0.4 is 9.31 Å². The van der Waals surface area contributed by atoms with Crippen LogP contribution >= 0.6 is 0 Å². The fourth-order valence-electron chi connectivity index (χ4n) is 1.26. The molecule has 7 heteroatoms. The van der Waals surface area contributed by atoms with E-state index in [0.717, 1.165) is 0 Å². The van der Waals surface area contributed by atoms with Gasteiger partial charge in [0.05, 0.1) is 0 Å². The van der Waals surface area contributed by atoms with Gasteiger partial charge in [-0.1, -0.05) is 0 Å². The van der Waals surface area contributed by atoms with E-state index < -0.39 is 6.96 Å². The Morgan fingerprint density at radius 1 is 0.789 bits per heavy atom. The number of hydrogen-bond donors (Lipinski definition) is 2. The van der Waals surface area contributed by atoms with E-state index in [1.807, 2.05) is 0 Å². The average Bonchev–Trinajstić information content (AvgIpc) is 2.30. The standard InChI is InChI=1S/C12H10BO4.2Y/c14-13(15,16-11-7-3-1-4-8-11)17-12-9-5-2-6-10-12;;/h1-7,9,14-15H;;/q-3;;. The second-order valence-corrected chi connectivity index (χ2v) is 3.32. The van der Waals surface area contributed by atoms with Gasteiger partial charge in [0.15, 0.2) is 0 Å². The molecule has 0 unspecified atom stereocenters. The molecular weight excluding hydrogens is 397 g/mol. The zero-order chi connectivity index (χ0) is 12.1. The van der Waals surface area contributed by atoms with Gasteiger partial charge in [0.25, 0.3) is 0 Å². The van der Waals surface area contributed by atoms with Crippen molar-refractivity contribution in [3.8, 4) is 11.5 Å². The van der Waals surface area contributed by atoms with E-state index in [2.05, 4.69) is 12.1 Å². The topological polar surface area (TPSA) is 58.9 Å². The van der Waals surface area contributed by atoms with E-state index in [9.17, 15) is 10.0 Å². The predicted octanol–water partition coefficient (Wildman–Crippen LogP) is 1.16. The van der Waals surface area contributed by atoms with Crippen molar-refractivity contribution in [1.29, 1.82) is 0 Å². The summed E-state index contributed by atoms with van der Waals surface area (Å²) >= 11 is 0. The summed E-state index contributed by atoms with van der Waals surface area (Å²) in [6.07, 6.45) is 0. The summed E-state index contributed by atoms with van der Waals surface area (Å²) in [6.45, 7) is -3.43. The van der Waals surface area contributed by atoms with E-state index in [-0.39, 0.29) is 76.9 Å². The van der Waals surface area contributed by atoms with E-state index >= 15 is 0 Å². The van der Waals surface area contributed by atoms with E-state index in [1.54, 1.807) is 48.5 Å². The molecule has 2 rings (SSSR count). The average molecular weight is 407 g/mol. The van der Waals surface area contributed by atoms with Crippen LogP contribution in [0.25, 0.3) is 0 Å². The smallest absolute Gasteiger partial charge is 0.644 e. The van der Waals surface area contributed by atoms with Crippen molar-refractivity contribution in [3.05, 3.63) is 60.7 Å². The fraction of sp³-hybridized carbons (Fsp3) is 0. The van der Waals surface area contributed by atoms with Gasteiger partial charge in [-0.15, -0.1) is 24.3 Å². The Morgan fingerprint density at radius 2 is 1.21 bits per heavy atom. The normalized spacial score (nSPS) is 9.79. The maximum atomic E-state index is 9.55. The number of hydrogen-bond acceptors (Lipinski definition) is 4. The molecule has 2 N–H and O–H groups in total. The molecule has 0 aliphatic heterocycles. The number of benzene rings is 2. The molecule has 0 amide bonds. The third-order valence-corrected chi connectivity index (χ3v) is 1.92. The van der Waals surface area contributed by atoms with Gasteiger partial charge in [-0.3, -0.25) is 0 Å². The summed E-state index contributed by atoms with van der Waals surface area (Å²) in [7, 11) is 0. The minimum atomic E-state index is -3.43. The van der Waals surface area contributed by atoms with Crippen LogP contribution in [-0.2, 0) is 65.4 Å². The maximum Gasteiger partial charge on any atom is 0.644 e. The SMILES string of the molecule is O[B-](O)(Oc1[c-]cccc1)Oc1[c-]cccc1.[Y].[Y]. The van der Waals surface area contributed by atoms with Crippen molar-refractivity contribution >= 4 is 6.96 Å². The molecule has 0 fully saturated rings. The van der Waals surface area contributed by atoms with Crippen LogP contribution in [0.2, 0.25) is 0 Å². The Hall–Kier alpha value is 0.233. The molecule has 2 aromatic carbocycles. The molecule has 0 saturated carbocycles. The van der Waals surface area contributed by atoms with Crippen LogP contribution in [0, 0.1) is 12.1 Å². The second-order valence-electron chi connectivity index (χ2n) is 3.32. The molecule has 4 nitrogen and oxygen atoms in total. The monoisotopic (exact) mass is 407 g/mol. The number of para-hydroxylation sites is 2. The molecule has 0 aromatic heterocycles. The molecule has 0 aliphatic carbocycles. The molecule has 0 spiro atoms. The third-order valence-electron chi connectivity index (χ3n) is 1.92. The van der Waals surface area contributed by atoms with Gasteiger partial charge >= 0.3 is 6.96 Å². The Kier molecular flexibility index (Phi) is 9.33. The maximum absolute atomic E-state index is 9.55. The summed E-state index contributed by atoms with van der Waals surface area (Å²) in [5.74, 6) is 0.377. The summed E-state index contributed by atoms with van der Waals surface area (Å²) in [5, 5.41) is 19.1. The molecule has 2 aromatic rings. The molecule has 94 valence electrons. The van der Waals surface area contributed by atoms with Gasteiger partial charge in [0.2, 0.25) is 0 Å². The van der Waals surface area contributed by atoms with Gasteiger partial charge in [-0.25, -0.2) is 0 Å². The van der Waals surface area contributed by atoms with Gasteiger partial charge in [-0.2, -0.15) is 36.4 Å². The zero-order valence-corrected chi connectivity index (χ0v) is 15.7. The van der Waals surface area contributed by atoms with Crippen molar-refractivity contribution in [2.75, 3.05) is 0 Å². The Morgan fingerprint density at radius 3 is 1.53 bits per heavy atom. The van der Waals surface area contributed by atoms with E-state index in [0.29, 0.717) is 0 Å². The van der Waals surface area contributed by atoms with E-state index in [1.165, 1.54) is 0 Å². The number of rotatable bonds is 4. The van der Waals surface area contributed by atoms with Crippen LogP contribution in [0.15, 0.2) is 48.5 Å². The van der Waals surface area contributed by atoms with Crippen molar-refractivity contribution < 1.29 is 84.8 Å². The van der Waals surface area contributed by atoms with Gasteiger partial charge < -0.3 is 19.4 Å². The zero-order valence-electron chi connectivity index (χ0n) is 10.1. The molecular formula is C12H10BO4Y2-3. The van der Waals surface area contributed by atoms with Crippen molar-refractivity contribution in [3.63, 3.8) is 0 Å². The molecule has 0 heterocycles. The molecule has 0 aliphatic rings. The summed E-state index contributed by atoms with van der Waals surface area (Å²) in [4.78, 5) is 0. The first-order chi connectivity index (χ1) is 8.16. The Balaban J connectivity index is 0.00000162. The first-order valence-corrected chi connectivity index (χ1v) is 5.05. The molecule has 0 bridgehead atoms. The van der Waals surface area contributed by atoms with Gasteiger partial charge in [-0.05, 0) is 11.5 Å². The molecule has 2 radical (unpaired) electrons. The van der Waals surface area contributed by atoms with Crippen LogP contribution in [0.5, 0.6) is 11.5 Å². The Bertz CT molecular complexity index is 424. The van der Waals surface area contributed by atoms with Crippen LogP contribution in [0.3, 0.4) is 0 Å². The predicted molar refractivity (Wildman–Crippen MR) is 62.0 cm³/mol. The fourth-order valence-corrected chi connectivity index (χ4v) is 1.26. The van der Waals surface area contributed by atoms with Crippen LogP contribution in [0.4, 0.5) is 0 Å². The van der Waals surface area contributed by atoms with Crippen molar-refractivity contribution in [2.45, 2.75) is 0 Å². The first kappa shape index (κ1) is 19.2. The van der Waals surface area contributed by atoms with Gasteiger partial charge in [0, 0.05) is 65.4 Å². The van der Waals surface area contributed by atoms with Gasteiger partial charge in [0.1, 0.15) is 0 Å². The van der Waals surface area contributed by atoms with E-state index in [4.69, 9.17) is 9.31 Å². The second kappa shape index (κ2) is 9.22. The van der Waals surface area contributed by atoms with Crippen LogP contribution in [0.1, 0.15) is 0 Å².